The topological polar surface area (TPSA) is 157 Å². The second-order valence-electron chi connectivity index (χ2n) is 14.1. The number of ether oxygens (including phenoxy) is 2. The van der Waals surface area contributed by atoms with Gasteiger partial charge in [-0.2, -0.15) is 4.98 Å². The molecule has 0 unspecified atom stereocenters. The number of rotatable bonds is 7. The van der Waals surface area contributed by atoms with Crippen LogP contribution in [0.3, 0.4) is 0 Å². The second kappa shape index (κ2) is 13.3. The van der Waals surface area contributed by atoms with Crippen LogP contribution in [-0.4, -0.2) is 78.6 Å². The van der Waals surface area contributed by atoms with E-state index in [0.717, 1.165) is 30.4 Å². The van der Waals surface area contributed by atoms with E-state index in [-0.39, 0.29) is 31.1 Å². The van der Waals surface area contributed by atoms with Crippen molar-refractivity contribution in [3.8, 4) is 23.0 Å². The van der Waals surface area contributed by atoms with Crippen molar-refractivity contribution < 1.29 is 32.3 Å². The Balaban J connectivity index is 1.21. The molecule has 7 rings (SSSR count). The minimum atomic E-state index is -3.83. The van der Waals surface area contributed by atoms with E-state index < -0.39 is 50.6 Å². The summed E-state index contributed by atoms with van der Waals surface area (Å²) in [6.07, 6.45) is 7.47. The number of hydrogen-bond donors (Lipinski definition) is 2. The molecule has 12 nitrogen and oxygen atoms in total. The van der Waals surface area contributed by atoms with Crippen LogP contribution in [0.25, 0.3) is 22.3 Å². The Hall–Kier alpha value is -4.52. The fourth-order valence-corrected chi connectivity index (χ4v) is 8.73. The van der Waals surface area contributed by atoms with Crippen molar-refractivity contribution in [2.24, 2.45) is 17.8 Å². The van der Waals surface area contributed by atoms with Gasteiger partial charge in [0.05, 0.1) is 35.1 Å². The van der Waals surface area contributed by atoms with Crippen molar-refractivity contribution in [1.29, 1.82) is 0 Å². The number of fused-ring (bicyclic) bond motifs is 3. The van der Waals surface area contributed by atoms with Crippen LogP contribution in [0.5, 0.6) is 11.6 Å². The van der Waals surface area contributed by atoms with E-state index in [1.165, 1.54) is 0 Å². The summed E-state index contributed by atoms with van der Waals surface area (Å²) in [5.74, 6) is -1.74. The van der Waals surface area contributed by atoms with Crippen molar-refractivity contribution in [3.05, 3.63) is 60.2 Å². The minimum Gasteiger partial charge on any atom is -0.496 e. The summed E-state index contributed by atoms with van der Waals surface area (Å²) in [5.41, 5.74) is 0.894. The van der Waals surface area contributed by atoms with Gasteiger partial charge in [-0.1, -0.05) is 42.5 Å². The number of hydrogen-bond acceptors (Lipinski definition) is 9. The normalized spacial score (nSPS) is 27.1. The van der Waals surface area contributed by atoms with Crippen LogP contribution >= 0.6 is 0 Å². The molecule has 1 aromatic heterocycles. The molecule has 3 fully saturated rings. The number of sulfonamides is 1. The Morgan fingerprint density at radius 2 is 1.80 bits per heavy atom. The lowest BCUT2D eigenvalue weighted by molar-refractivity contribution is -0.140. The van der Waals surface area contributed by atoms with Crippen molar-refractivity contribution >= 4 is 38.6 Å². The highest BCUT2D eigenvalue weighted by molar-refractivity contribution is 7.91. The monoisotopic (exact) mass is 701 g/mol. The van der Waals surface area contributed by atoms with Crippen LogP contribution in [-0.2, 0) is 24.4 Å². The molecule has 0 bridgehead atoms. The number of amides is 3. The molecule has 4 aliphatic rings. The van der Waals surface area contributed by atoms with Crippen LogP contribution < -0.4 is 19.5 Å². The molecule has 3 amide bonds. The highest BCUT2D eigenvalue weighted by atomic mass is 32.2. The quantitative estimate of drug-likeness (QED) is 0.347. The van der Waals surface area contributed by atoms with Crippen LogP contribution in [0.4, 0.5) is 0 Å². The van der Waals surface area contributed by atoms with Gasteiger partial charge in [-0.15, -0.1) is 0 Å². The summed E-state index contributed by atoms with van der Waals surface area (Å²) in [6.45, 7) is 2.47. The Morgan fingerprint density at radius 3 is 2.54 bits per heavy atom. The first kappa shape index (κ1) is 34.0. The van der Waals surface area contributed by atoms with Gasteiger partial charge in [-0.05, 0) is 70.4 Å². The third kappa shape index (κ3) is 6.55. The molecule has 2 N–H and O–H groups in total. The molecule has 0 radical (unpaired) electrons. The van der Waals surface area contributed by atoms with E-state index >= 15 is 0 Å². The standard InChI is InChI=1S/C37H43N5O7S/c1-22-30(48-3)17-16-27-31(22)38-32(23-11-7-6-8-12-23)39-34(27)49-25-19-28-29(20-25)35(44)42(2)18-10-5-4-9-13-24-21-37(24,40-33(28)43)36(45)41-50(46,47)26-14-15-26/h6-9,11-13,16-17,24-26,28-29H,4-5,10,14-15,18-21H2,1-3H3,(H,40,43)(H,41,45)/t24-,25-,28-,29-,37-/m1/s1. The van der Waals surface area contributed by atoms with Gasteiger partial charge in [0.2, 0.25) is 27.7 Å². The summed E-state index contributed by atoms with van der Waals surface area (Å²) >= 11 is 0. The minimum absolute atomic E-state index is 0.163. The van der Waals surface area contributed by atoms with Crippen LogP contribution in [0.1, 0.15) is 56.9 Å². The number of benzene rings is 2. The fourth-order valence-electron chi connectivity index (χ4n) is 7.36. The Bertz CT molecular complexity index is 1970. The van der Waals surface area contributed by atoms with Crippen LogP contribution in [0, 0.1) is 24.7 Å². The first-order chi connectivity index (χ1) is 24.0. The van der Waals surface area contributed by atoms with Crippen molar-refractivity contribution in [2.75, 3.05) is 20.7 Å². The lowest BCUT2D eigenvalue weighted by atomic mass is 9.93. The molecular weight excluding hydrogens is 659 g/mol. The molecule has 264 valence electrons. The van der Waals surface area contributed by atoms with E-state index in [1.807, 2.05) is 61.5 Å². The summed E-state index contributed by atoms with van der Waals surface area (Å²) in [4.78, 5) is 53.1. The van der Waals surface area contributed by atoms with E-state index in [1.54, 1.807) is 19.1 Å². The molecule has 13 heteroatoms. The van der Waals surface area contributed by atoms with Gasteiger partial charge in [0, 0.05) is 30.6 Å². The van der Waals surface area contributed by atoms with Gasteiger partial charge < -0.3 is 19.7 Å². The largest absolute Gasteiger partial charge is 0.496 e. The number of carbonyl (C=O) groups excluding carboxylic acids is 3. The first-order valence-corrected chi connectivity index (χ1v) is 18.9. The van der Waals surface area contributed by atoms with Crippen molar-refractivity contribution in [2.45, 2.75) is 75.2 Å². The molecule has 0 spiro atoms. The van der Waals surface area contributed by atoms with E-state index in [2.05, 4.69) is 10.0 Å². The predicted octanol–water partition coefficient (Wildman–Crippen LogP) is 4.07. The smallest absolute Gasteiger partial charge is 0.259 e. The number of nitrogens with zero attached hydrogens (tertiary/aromatic N) is 3. The van der Waals surface area contributed by atoms with Gasteiger partial charge in [-0.3, -0.25) is 19.1 Å². The maximum Gasteiger partial charge on any atom is 0.259 e. The van der Waals surface area contributed by atoms with Gasteiger partial charge >= 0.3 is 0 Å². The molecule has 3 aromatic rings. The summed E-state index contributed by atoms with van der Waals surface area (Å²) in [6, 6.07) is 13.2. The lowest BCUT2D eigenvalue weighted by Crippen LogP contribution is -2.54. The highest BCUT2D eigenvalue weighted by Gasteiger charge is 2.62. The fraction of sp³-hybridized carbons (Fsp3) is 0.486. The maximum atomic E-state index is 14.2. The summed E-state index contributed by atoms with van der Waals surface area (Å²) in [7, 11) is -0.471. The average Bonchev–Trinajstić information content (AvgIpc) is 4.03. The molecule has 2 aromatic carbocycles. The number of allylic oxidation sites excluding steroid dienone is 1. The molecule has 0 saturated heterocycles. The molecule has 1 aliphatic heterocycles. The van der Waals surface area contributed by atoms with Gasteiger partial charge in [-0.25, -0.2) is 13.4 Å². The molecule has 5 atom stereocenters. The Labute approximate surface area is 292 Å². The van der Waals surface area contributed by atoms with E-state index in [4.69, 9.17) is 19.4 Å². The van der Waals surface area contributed by atoms with Crippen LogP contribution in [0.2, 0.25) is 0 Å². The van der Waals surface area contributed by atoms with Gasteiger partial charge in [0.15, 0.2) is 5.82 Å². The summed E-state index contributed by atoms with van der Waals surface area (Å²) in [5, 5.41) is 3.03. The van der Waals surface area contributed by atoms with E-state index in [9.17, 15) is 22.8 Å². The molecule has 3 aliphatic carbocycles. The SMILES string of the molecule is COc1ccc2c(O[C@@H]3C[C@H]4C(=O)N[C@]5(C(=O)NS(=O)(=O)C6CC6)C[C@H]5C=CCCCCN(C)C(=O)[C@@H]4C3)nc(-c3ccccc3)nc2c1C. The number of aryl methyl sites for hydroxylation is 1. The van der Waals surface area contributed by atoms with Gasteiger partial charge in [0.25, 0.3) is 5.91 Å². The number of aromatic nitrogens is 2. The zero-order chi connectivity index (χ0) is 35.2. The van der Waals surface area contributed by atoms with Crippen molar-refractivity contribution in [3.63, 3.8) is 0 Å². The molecule has 3 saturated carbocycles. The Morgan fingerprint density at radius 1 is 1.04 bits per heavy atom. The third-order valence-electron chi connectivity index (χ3n) is 10.6. The van der Waals surface area contributed by atoms with Crippen molar-refractivity contribution in [1.82, 2.24) is 24.9 Å². The zero-order valence-corrected chi connectivity index (χ0v) is 29.4. The highest BCUT2D eigenvalue weighted by Crippen LogP contribution is 2.47. The second-order valence-corrected chi connectivity index (χ2v) is 16.0. The third-order valence-corrected chi connectivity index (χ3v) is 12.4. The number of methoxy groups -OCH3 is 1. The molecule has 2 heterocycles. The average molecular weight is 702 g/mol. The van der Waals surface area contributed by atoms with Gasteiger partial charge in [0.1, 0.15) is 17.4 Å². The van der Waals surface area contributed by atoms with Crippen LogP contribution in [0.15, 0.2) is 54.6 Å². The Kier molecular flexibility index (Phi) is 9.04. The molecular formula is C37H43N5O7S. The summed E-state index contributed by atoms with van der Waals surface area (Å²) < 4.78 is 39.9. The molecule has 50 heavy (non-hydrogen) atoms. The predicted molar refractivity (Wildman–Crippen MR) is 187 cm³/mol. The van der Waals surface area contributed by atoms with E-state index in [0.29, 0.717) is 47.7 Å². The zero-order valence-electron chi connectivity index (χ0n) is 28.6. The first-order valence-electron chi connectivity index (χ1n) is 17.4. The number of nitrogens with one attached hydrogen (secondary N) is 2. The maximum absolute atomic E-state index is 14.2. The lowest BCUT2D eigenvalue weighted by Gasteiger charge is -2.26. The number of carbonyl (C=O) groups is 3.